The molecule has 2 unspecified atom stereocenters. The van der Waals surface area contributed by atoms with Crippen molar-refractivity contribution in [3.63, 3.8) is 0 Å². The monoisotopic (exact) mass is 426 g/mol. The van der Waals surface area contributed by atoms with E-state index in [1.165, 1.54) is 95.0 Å². The Morgan fingerprint density at radius 1 is 1.00 bits per heavy atom. The lowest BCUT2D eigenvalue weighted by atomic mass is 9.90. The molecule has 4 rings (SSSR count). The molecular formula is C27H42N2O2. The minimum absolute atomic E-state index is 0.238. The fourth-order valence-electron chi connectivity index (χ4n) is 5.87. The topological polar surface area (TPSA) is 43.8 Å². The Bertz CT molecular complexity index is 692. The third-order valence-electron chi connectivity index (χ3n) is 7.98. The van der Waals surface area contributed by atoms with Crippen LogP contribution < -0.4 is 0 Å². The summed E-state index contributed by atoms with van der Waals surface area (Å²) in [6.45, 7) is 7.16. The van der Waals surface area contributed by atoms with Crippen LogP contribution in [0.5, 0.6) is 0 Å². The molecule has 0 radical (unpaired) electrons. The molecule has 2 saturated carbocycles. The third-order valence-corrected chi connectivity index (χ3v) is 7.98. The number of rotatable bonds is 11. The van der Waals surface area contributed by atoms with Gasteiger partial charge in [-0.2, -0.15) is 0 Å². The van der Waals surface area contributed by atoms with E-state index in [9.17, 15) is 9.90 Å². The number of carboxylic acid groups (broad SMARTS) is 1. The second-order valence-corrected chi connectivity index (χ2v) is 10.7. The number of hydrogen-bond acceptors (Lipinski definition) is 3. The van der Waals surface area contributed by atoms with Crippen LogP contribution in [0.25, 0.3) is 0 Å². The quantitative estimate of drug-likeness (QED) is 0.541. The number of aryl methyl sites for hydroxylation is 2. The van der Waals surface area contributed by atoms with Crippen LogP contribution >= 0.6 is 0 Å². The SMILES string of the molecule is Cc1ccc(CCCC2CCN(CC3CCC(N(CC(=O)O)CC4CC4)C3)CC2)cc1. The molecule has 4 heteroatoms. The van der Waals surface area contributed by atoms with Crippen LogP contribution in [0.4, 0.5) is 0 Å². The van der Waals surface area contributed by atoms with Gasteiger partial charge in [-0.15, -0.1) is 0 Å². The van der Waals surface area contributed by atoms with Gasteiger partial charge in [-0.05, 0) is 101 Å². The van der Waals surface area contributed by atoms with Crippen molar-refractivity contribution in [2.24, 2.45) is 17.8 Å². The average molecular weight is 427 g/mol. The summed E-state index contributed by atoms with van der Waals surface area (Å²) >= 11 is 0. The van der Waals surface area contributed by atoms with Gasteiger partial charge in [-0.3, -0.25) is 9.69 Å². The summed E-state index contributed by atoms with van der Waals surface area (Å²) in [4.78, 5) is 16.3. The molecule has 4 nitrogen and oxygen atoms in total. The lowest BCUT2D eigenvalue weighted by Crippen LogP contribution is -2.40. The van der Waals surface area contributed by atoms with Gasteiger partial charge in [0.1, 0.15) is 0 Å². The standard InChI is InChI=1S/C27H42N2O2/c1-21-5-7-22(8-6-21)3-2-4-23-13-15-28(16-14-23)18-25-11-12-26(17-25)29(20-27(30)31)19-24-9-10-24/h5-8,23-26H,2-4,9-20H2,1H3,(H,30,31). The Kier molecular flexibility index (Phi) is 8.06. The molecule has 172 valence electrons. The van der Waals surface area contributed by atoms with E-state index in [4.69, 9.17) is 0 Å². The number of carboxylic acids is 1. The van der Waals surface area contributed by atoms with Crippen LogP contribution in [0.1, 0.15) is 68.9 Å². The zero-order chi connectivity index (χ0) is 21.6. The smallest absolute Gasteiger partial charge is 0.317 e. The van der Waals surface area contributed by atoms with Gasteiger partial charge in [0.15, 0.2) is 0 Å². The molecule has 31 heavy (non-hydrogen) atoms. The first-order chi connectivity index (χ1) is 15.0. The molecule has 1 heterocycles. The molecular weight excluding hydrogens is 384 g/mol. The van der Waals surface area contributed by atoms with Crippen molar-refractivity contribution < 1.29 is 9.90 Å². The van der Waals surface area contributed by atoms with E-state index in [2.05, 4.69) is 41.0 Å². The zero-order valence-corrected chi connectivity index (χ0v) is 19.5. The largest absolute Gasteiger partial charge is 0.480 e. The van der Waals surface area contributed by atoms with Crippen LogP contribution in [0.2, 0.25) is 0 Å². The molecule has 1 aromatic rings. The minimum Gasteiger partial charge on any atom is -0.480 e. The highest BCUT2D eigenvalue weighted by atomic mass is 16.4. The molecule has 1 N–H and O–H groups in total. The second kappa shape index (κ2) is 11.0. The molecule has 1 saturated heterocycles. The van der Waals surface area contributed by atoms with Crippen LogP contribution in [0.3, 0.4) is 0 Å². The molecule has 1 aliphatic heterocycles. The summed E-state index contributed by atoms with van der Waals surface area (Å²) in [5.74, 6) is 1.78. The molecule has 0 bridgehead atoms. The van der Waals surface area contributed by atoms with Gasteiger partial charge in [0, 0.05) is 19.1 Å². The third kappa shape index (κ3) is 7.32. The van der Waals surface area contributed by atoms with Crippen LogP contribution in [-0.4, -0.2) is 59.6 Å². The number of carbonyl (C=O) groups is 1. The number of piperidine rings is 1. The molecule has 3 aliphatic rings. The first-order valence-electron chi connectivity index (χ1n) is 12.8. The number of nitrogens with zero attached hydrogens (tertiary/aromatic N) is 2. The van der Waals surface area contributed by atoms with E-state index in [0.717, 1.165) is 24.3 Å². The molecule has 2 aliphatic carbocycles. The molecule has 0 aromatic heterocycles. The second-order valence-electron chi connectivity index (χ2n) is 10.7. The maximum Gasteiger partial charge on any atom is 0.317 e. The lowest BCUT2D eigenvalue weighted by molar-refractivity contribution is -0.139. The van der Waals surface area contributed by atoms with Crippen molar-refractivity contribution in [2.75, 3.05) is 32.7 Å². The Balaban J connectivity index is 1.13. The first kappa shape index (κ1) is 22.8. The highest BCUT2D eigenvalue weighted by Gasteiger charge is 2.34. The molecule has 3 fully saturated rings. The maximum absolute atomic E-state index is 11.3. The highest BCUT2D eigenvalue weighted by Crippen LogP contribution is 2.35. The fraction of sp³-hybridized carbons (Fsp3) is 0.741. The van der Waals surface area contributed by atoms with Gasteiger partial charge in [0.25, 0.3) is 0 Å². The lowest BCUT2D eigenvalue weighted by Gasteiger charge is -2.34. The summed E-state index contributed by atoms with van der Waals surface area (Å²) in [7, 11) is 0. The van der Waals surface area contributed by atoms with Crippen molar-refractivity contribution in [1.29, 1.82) is 0 Å². The predicted molar refractivity (Wildman–Crippen MR) is 126 cm³/mol. The van der Waals surface area contributed by atoms with Crippen LogP contribution in [0.15, 0.2) is 24.3 Å². The summed E-state index contributed by atoms with van der Waals surface area (Å²) in [6.07, 6.45) is 12.9. The maximum atomic E-state index is 11.3. The summed E-state index contributed by atoms with van der Waals surface area (Å²) in [5.41, 5.74) is 2.83. The van der Waals surface area contributed by atoms with Crippen molar-refractivity contribution >= 4 is 5.97 Å². The number of aliphatic carboxylic acids is 1. The molecule has 0 amide bonds. The van der Waals surface area contributed by atoms with Crippen LogP contribution in [0, 0.1) is 24.7 Å². The van der Waals surface area contributed by atoms with Crippen molar-refractivity contribution in [3.05, 3.63) is 35.4 Å². The van der Waals surface area contributed by atoms with Crippen molar-refractivity contribution in [3.8, 4) is 0 Å². The van der Waals surface area contributed by atoms with Gasteiger partial charge in [0.2, 0.25) is 0 Å². The van der Waals surface area contributed by atoms with E-state index in [1.54, 1.807) is 0 Å². The number of benzene rings is 1. The normalized spacial score (nSPS) is 25.4. The van der Waals surface area contributed by atoms with E-state index in [1.807, 2.05) is 0 Å². The van der Waals surface area contributed by atoms with Gasteiger partial charge in [-0.25, -0.2) is 0 Å². The van der Waals surface area contributed by atoms with E-state index < -0.39 is 5.97 Å². The van der Waals surface area contributed by atoms with E-state index in [-0.39, 0.29) is 6.54 Å². The number of hydrogen-bond donors (Lipinski definition) is 1. The predicted octanol–water partition coefficient (Wildman–Crippen LogP) is 5.00. The van der Waals surface area contributed by atoms with Crippen molar-refractivity contribution in [1.82, 2.24) is 9.80 Å². The molecule has 2 atom stereocenters. The first-order valence-corrected chi connectivity index (χ1v) is 12.8. The van der Waals surface area contributed by atoms with Gasteiger partial charge in [0.05, 0.1) is 6.54 Å². The van der Waals surface area contributed by atoms with Gasteiger partial charge >= 0.3 is 5.97 Å². The molecule has 1 aromatic carbocycles. The van der Waals surface area contributed by atoms with Gasteiger partial charge < -0.3 is 10.0 Å². The molecule has 0 spiro atoms. The Hall–Kier alpha value is -1.39. The number of likely N-dealkylation sites (tertiary alicyclic amines) is 1. The highest BCUT2D eigenvalue weighted by molar-refractivity contribution is 5.69. The summed E-state index contributed by atoms with van der Waals surface area (Å²) < 4.78 is 0. The average Bonchev–Trinajstić information content (AvgIpc) is 3.45. The fourth-order valence-corrected chi connectivity index (χ4v) is 5.87. The summed E-state index contributed by atoms with van der Waals surface area (Å²) in [6, 6.07) is 9.54. The van der Waals surface area contributed by atoms with Crippen molar-refractivity contribution in [2.45, 2.75) is 77.2 Å². The van der Waals surface area contributed by atoms with Crippen LogP contribution in [-0.2, 0) is 11.2 Å². The van der Waals surface area contributed by atoms with E-state index in [0.29, 0.717) is 6.04 Å². The Labute approximate surface area is 189 Å². The van der Waals surface area contributed by atoms with E-state index >= 15 is 0 Å². The Morgan fingerprint density at radius 3 is 2.39 bits per heavy atom. The van der Waals surface area contributed by atoms with Gasteiger partial charge in [-0.1, -0.05) is 36.2 Å². The minimum atomic E-state index is -0.659. The summed E-state index contributed by atoms with van der Waals surface area (Å²) in [5, 5.41) is 9.32. The Morgan fingerprint density at radius 2 is 1.71 bits per heavy atom. The zero-order valence-electron chi connectivity index (χ0n) is 19.5.